The van der Waals surface area contributed by atoms with Crippen molar-refractivity contribution in [1.82, 2.24) is 9.66 Å². The lowest BCUT2D eigenvalue weighted by Gasteiger charge is -2.30. The van der Waals surface area contributed by atoms with Crippen LogP contribution in [0.5, 0.6) is 11.5 Å². The van der Waals surface area contributed by atoms with Gasteiger partial charge in [0.25, 0.3) is 5.56 Å². The Morgan fingerprint density at radius 1 is 0.943 bits per heavy atom. The quantitative estimate of drug-likeness (QED) is 0.452. The molecule has 7 heteroatoms. The molecule has 5 rings (SSSR count). The fourth-order valence-electron chi connectivity index (χ4n) is 5.39. The molecule has 2 heterocycles. The van der Waals surface area contributed by atoms with E-state index in [9.17, 15) is 4.79 Å². The van der Waals surface area contributed by atoms with Crippen molar-refractivity contribution in [2.75, 3.05) is 32.2 Å². The maximum Gasteiger partial charge on any atom is 0.282 e. The van der Waals surface area contributed by atoms with Crippen molar-refractivity contribution < 1.29 is 9.47 Å². The number of piperidine rings is 1. The topological polar surface area (TPSA) is 69.0 Å². The van der Waals surface area contributed by atoms with Crippen molar-refractivity contribution in [3.05, 3.63) is 58.1 Å². The fourth-order valence-corrected chi connectivity index (χ4v) is 5.39. The smallest absolute Gasteiger partial charge is 0.282 e. The van der Waals surface area contributed by atoms with E-state index in [-0.39, 0.29) is 11.5 Å². The zero-order chi connectivity index (χ0) is 24.2. The Balaban J connectivity index is 1.58. The third-order valence-corrected chi connectivity index (χ3v) is 7.29. The van der Waals surface area contributed by atoms with E-state index in [0.29, 0.717) is 11.1 Å². The molecule has 0 atom stereocenters. The zero-order valence-electron chi connectivity index (χ0n) is 20.7. The molecule has 3 aromatic rings. The Labute approximate surface area is 206 Å². The van der Waals surface area contributed by atoms with Crippen LogP contribution >= 0.6 is 0 Å². The summed E-state index contributed by atoms with van der Waals surface area (Å²) in [6.07, 6.45) is 10.9. The van der Waals surface area contributed by atoms with Crippen molar-refractivity contribution in [2.24, 2.45) is 5.10 Å². The van der Waals surface area contributed by atoms with E-state index in [1.165, 1.54) is 30.4 Å². The molecule has 0 bridgehead atoms. The Bertz CT molecular complexity index is 1270. The van der Waals surface area contributed by atoms with Gasteiger partial charge >= 0.3 is 0 Å². The maximum atomic E-state index is 13.5. The number of fused-ring (bicyclic) bond motifs is 1. The van der Waals surface area contributed by atoms with Gasteiger partial charge in [0.2, 0.25) is 0 Å². The van der Waals surface area contributed by atoms with Crippen LogP contribution in [0.4, 0.5) is 5.69 Å². The third kappa shape index (κ3) is 4.77. The van der Waals surface area contributed by atoms with Gasteiger partial charge in [0.1, 0.15) is 17.3 Å². The van der Waals surface area contributed by atoms with E-state index in [2.05, 4.69) is 4.90 Å². The molecule has 184 valence electrons. The number of aromatic nitrogens is 2. The first-order valence-electron chi connectivity index (χ1n) is 12.8. The Kier molecular flexibility index (Phi) is 7.02. The molecular weight excluding hydrogens is 440 g/mol. The number of benzene rings is 2. The zero-order valence-corrected chi connectivity index (χ0v) is 20.7. The summed E-state index contributed by atoms with van der Waals surface area (Å²) in [5, 5.41) is 5.27. The number of nitrogens with zero attached hydrogens (tertiary/aromatic N) is 4. The molecule has 1 saturated heterocycles. The average molecular weight is 475 g/mol. The van der Waals surface area contributed by atoms with E-state index in [4.69, 9.17) is 19.6 Å². The lowest BCUT2D eigenvalue weighted by molar-refractivity contribution is 0.401. The predicted octanol–water partition coefficient (Wildman–Crippen LogP) is 5.33. The van der Waals surface area contributed by atoms with Crippen LogP contribution in [0.15, 0.2) is 46.3 Å². The molecule has 0 radical (unpaired) electrons. The van der Waals surface area contributed by atoms with Crippen LogP contribution in [0.3, 0.4) is 0 Å². The normalized spacial score (nSPS) is 17.3. The van der Waals surface area contributed by atoms with Gasteiger partial charge < -0.3 is 14.4 Å². The fraction of sp³-hybridized carbons (Fsp3) is 0.464. The minimum atomic E-state index is -0.136. The molecule has 7 nitrogen and oxygen atoms in total. The third-order valence-electron chi connectivity index (χ3n) is 7.29. The van der Waals surface area contributed by atoms with E-state index < -0.39 is 0 Å². The minimum absolute atomic E-state index is 0.136. The van der Waals surface area contributed by atoms with Crippen molar-refractivity contribution in [3.63, 3.8) is 0 Å². The number of rotatable bonds is 6. The summed E-state index contributed by atoms with van der Waals surface area (Å²) in [5.74, 6) is 2.47. The van der Waals surface area contributed by atoms with Crippen molar-refractivity contribution in [1.29, 1.82) is 0 Å². The molecule has 2 aliphatic rings. The Morgan fingerprint density at radius 2 is 1.66 bits per heavy atom. The molecular formula is C28H34N4O3. The van der Waals surface area contributed by atoms with Crippen molar-refractivity contribution >= 4 is 22.8 Å². The Morgan fingerprint density at radius 3 is 2.40 bits per heavy atom. The molecule has 2 fully saturated rings. The molecule has 1 aliphatic carbocycles. The number of ether oxygens (including phenoxy) is 2. The summed E-state index contributed by atoms with van der Waals surface area (Å²) in [7, 11) is 3.35. The number of anilines is 1. The van der Waals surface area contributed by atoms with Gasteiger partial charge in [-0.15, -0.1) is 0 Å². The van der Waals surface area contributed by atoms with Crippen LogP contribution in [0.2, 0.25) is 0 Å². The Hall–Kier alpha value is -3.35. The summed E-state index contributed by atoms with van der Waals surface area (Å²) in [4.78, 5) is 20.8. The van der Waals surface area contributed by atoms with Gasteiger partial charge in [-0.1, -0.05) is 31.4 Å². The first-order valence-corrected chi connectivity index (χ1v) is 12.8. The highest BCUT2D eigenvalue weighted by Crippen LogP contribution is 2.36. The van der Waals surface area contributed by atoms with Gasteiger partial charge in [-0.3, -0.25) is 4.79 Å². The summed E-state index contributed by atoms with van der Waals surface area (Å²) in [6, 6.07) is 11.5. The molecule has 0 N–H and O–H groups in total. The van der Waals surface area contributed by atoms with Crippen LogP contribution in [0, 0.1) is 0 Å². The molecule has 35 heavy (non-hydrogen) atoms. The molecule has 0 unspecified atom stereocenters. The molecule has 1 aromatic heterocycles. The van der Waals surface area contributed by atoms with Crippen molar-refractivity contribution in [3.8, 4) is 11.5 Å². The van der Waals surface area contributed by atoms with Gasteiger partial charge in [0.15, 0.2) is 0 Å². The van der Waals surface area contributed by atoms with Gasteiger partial charge in [-0.25, -0.2) is 4.98 Å². The average Bonchev–Trinajstić information content (AvgIpc) is 2.93. The summed E-state index contributed by atoms with van der Waals surface area (Å²) in [5.41, 5.74) is 2.39. The molecule has 2 aromatic carbocycles. The first-order chi connectivity index (χ1) is 17.2. The van der Waals surface area contributed by atoms with Crippen LogP contribution in [-0.2, 0) is 0 Å². The largest absolute Gasteiger partial charge is 0.496 e. The van der Waals surface area contributed by atoms with Gasteiger partial charge in [-0.05, 0) is 50.3 Å². The highest BCUT2D eigenvalue weighted by atomic mass is 16.5. The summed E-state index contributed by atoms with van der Waals surface area (Å²) in [6.45, 7) is 2.02. The van der Waals surface area contributed by atoms with Gasteiger partial charge in [-0.2, -0.15) is 9.78 Å². The molecule has 0 spiro atoms. The second-order valence-corrected chi connectivity index (χ2v) is 9.50. The number of methoxy groups -OCH3 is 2. The second kappa shape index (κ2) is 10.5. The number of para-hydroxylation sites is 1. The van der Waals surface area contributed by atoms with Crippen molar-refractivity contribution in [2.45, 2.75) is 57.3 Å². The molecule has 1 saturated carbocycles. The first kappa shape index (κ1) is 23.4. The van der Waals surface area contributed by atoms with E-state index in [0.717, 1.165) is 67.1 Å². The summed E-state index contributed by atoms with van der Waals surface area (Å²) < 4.78 is 13.0. The monoisotopic (exact) mass is 474 g/mol. The van der Waals surface area contributed by atoms with Crippen LogP contribution in [-0.4, -0.2) is 43.2 Å². The molecule has 0 amide bonds. The number of hydrogen-bond acceptors (Lipinski definition) is 6. The van der Waals surface area contributed by atoms with Gasteiger partial charge in [0.05, 0.1) is 37.0 Å². The second-order valence-electron chi connectivity index (χ2n) is 9.50. The van der Waals surface area contributed by atoms with E-state index >= 15 is 0 Å². The lowest BCUT2D eigenvalue weighted by atomic mass is 9.88. The maximum absolute atomic E-state index is 13.5. The highest BCUT2D eigenvalue weighted by molar-refractivity contribution is 5.87. The summed E-state index contributed by atoms with van der Waals surface area (Å²) >= 11 is 0. The lowest BCUT2D eigenvalue weighted by Crippen LogP contribution is -2.29. The number of hydrogen-bond donors (Lipinski definition) is 0. The SMILES string of the molecule is COc1cc(N2CCCCC2)c(OC)cc1C=Nn1c(C2CCCCC2)nc2ccccc2c1=O. The van der Waals surface area contributed by atoms with Crippen LogP contribution in [0.1, 0.15) is 68.7 Å². The standard InChI is InChI=1S/C28H34N4O3/c1-34-25-18-24(31-15-9-4-10-16-31)26(35-2)17-21(25)19-29-32-27(20-11-5-3-6-12-20)30-23-14-8-7-13-22(23)28(32)33/h7-8,13-14,17-20H,3-6,9-12,15-16H2,1-2H3. The highest BCUT2D eigenvalue weighted by Gasteiger charge is 2.23. The predicted molar refractivity (Wildman–Crippen MR) is 140 cm³/mol. The van der Waals surface area contributed by atoms with E-state index in [1.807, 2.05) is 36.4 Å². The minimum Gasteiger partial charge on any atom is -0.496 e. The van der Waals surface area contributed by atoms with Crippen LogP contribution < -0.4 is 19.9 Å². The van der Waals surface area contributed by atoms with Gasteiger partial charge in [0, 0.05) is 30.6 Å². The van der Waals surface area contributed by atoms with E-state index in [1.54, 1.807) is 20.4 Å². The molecule has 1 aliphatic heterocycles. The van der Waals surface area contributed by atoms with Crippen LogP contribution in [0.25, 0.3) is 10.9 Å².